The normalized spacial score (nSPS) is 32.6. The van der Waals surface area contributed by atoms with Crippen molar-refractivity contribution in [1.82, 2.24) is 0 Å². The van der Waals surface area contributed by atoms with Gasteiger partial charge in [-0.2, -0.15) is 0 Å². The second kappa shape index (κ2) is 5.92. The van der Waals surface area contributed by atoms with Gasteiger partial charge in [0.15, 0.2) is 0 Å². The topological polar surface area (TPSA) is 27.7 Å². The zero-order valence-corrected chi connectivity index (χ0v) is 13.3. The highest BCUT2D eigenvalue weighted by Crippen LogP contribution is 2.40. The average molecular weight is 329 g/mol. The number of ether oxygens (including phenoxy) is 3. The molecule has 3 heterocycles. The first-order valence-electron chi connectivity index (χ1n) is 6.76. The highest BCUT2D eigenvalue weighted by Gasteiger charge is 2.50. The molecule has 0 N–H and O–H groups in total. The maximum atomic E-state index is 5.76. The van der Waals surface area contributed by atoms with Crippen LogP contribution in [0.25, 0.3) is 0 Å². The number of halogens is 1. The molecule has 0 spiro atoms. The molecule has 106 valence electrons. The molecule has 1 aromatic carbocycles. The van der Waals surface area contributed by atoms with Gasteiger partial charge in [0.2, 0.25) is 0 Å². The lowest BCUT2D eigenvalue weighted by Crippen LogP contribution is -2.59. The summed E-state index contributed by atoms with van der Waals surface area (Å²) in [6.45, 7) is 8.24. The van der Waals surface area contributed by atoms with Crippen LogP contribution in [-0.2, 0) is 20.6 Å². The Hall–Kier alpha value is -0.420. The smallest absolute Gasteiger partial charge is 0.287 e. The summed E-state index contributed by atoms with van der Waals surface area (Å²) in [5.74, 6) is -0.873. The first kappa shape index (κ1) is 15.0. The highest BCUT2D eigenvalue weighted by atomic mass is 79.9. The SMILES string of the molecule is CC.CC12COC(Cc3ccccc3Br)(OC1)OC2. The third kappa shape index (κ3) is 3.19. The summed E-state index contributed by atoms with van der Waals surface area (Å²) in [4.78, 5) is 0. The van der Waals surface area contributed by atoms with E-state index in [4.69, 9.17) is 14.2 Å². The largest absolute Gasteiger partial charge is 0.326 e. The summed E-state index contributed by atoms with van der Waals surface area (Å²) in [6, 6.07) is 8.07. The van der Waals surface area contributed by atoms with Crippen LogP contribution < -0.4 is 0 Å². The van der Waals surface area contributed by atoms with E-state index < -0.39 is 5.97 Å². The van der Waals surface area contributed by atoms with E-state index in [1.807, 2.05) is 32.0 Å². The fourth-order valence-electron chi connectivity index (χ4n) is 2.13. The Morgan fingerprint density at radius 3 is 2.11 bits per heavy atom. The number of benzene rings is 1. The van der Waals surface area contributed by atoms with Crippen LogP contribution in [0.1, 0.15) is 26.3 Å². The summed E-state index contributed by atoms with van der Waals surface area (Å²) in [5.41, 5.74) is 1.16. The molecule has 1 aromatic rings. The van der Waals surface area contributed by atoms with Crippen molar-refractivity contribution >= 4 is 15.9 Å². The standard InChI is InChI=1S/C13H15BrO3.C2H6/c1-12-7-15-13(16-8-12,17-9-12)6-10-4-2-3-5-11(10)14;1-2/h2-5H,6-9H2,1H3;1-2H3. The van der Waals surface area contributed by atoms with Gasteiger partial charge in [0.25, 0.3) is 5.97 Å². The second-order valence-corrected chi connectivity index (χ2v) is 5.98. The van der Waals surface area contributed by atoms with Crippen molar-refractivity contribution < 1.29 is 14.2 Å². The van der Waals surface area contributed by atoms with Gasteiger partial charge in [-0.25, -0.2) is 0 Å². The lowest BCUT2D eigenvalue weighted by molar-refractivity contribution is -0.464. The van der Waals surface area contributed by atoms with E-state index in [0.717, 1.165) is 10.0 Å². The summed E-state index contributed by atoms with van der Waals surface area (Å²) < 4.78 is 18.3. The molecule has 3 fully saturated rings. The molecule has 0 aliphatic carbocycles. The van der Waals surface area contributed by atoms with Gasteiger partial charge in [-0.3, -0.25) is 0 Å². The monoisotopic (exact) mass is 328 g/mol. The Labute approximate surface area is 123 Å². The van der Waals surface area contributed by atoms with Gasteiger partial charge in [0.05, 0.1) is 26.2 Å². The molecule has 2 bridgehead atoms. The predicted octanol–water partition coefficient (Wildman–Crippen LogP) is 3.75. The molecule has 0 amide bonds. The van der Waals surface area contributed by atoms with E-state index >= 15 is 0 Å². The van der Waals surface area contributed by atoms with Crippen LogP contribution in [0.3, 0.4) is 0 Å². The molecular weight excluding hydrogens is 308 g/mol. The Balaban J connectivity index is 0.000000637. The Bertz CT molecular complexity index is 409. The third-order valence-electron chi connectivity index (χ3n) is 3.29. The van der Waals surface area contributed by atoms with Crippen molar-refractivity contribution in [3.8, 4) is 0 Å². The van der Waals surface area contributed by atoms with E-state index in [-0.39, 0.29) is 5.41 Å². The van der Waals surface area contributed by atoms with Crippen LogP contribution >= 0.6 is 15.9 Å². The molecule has 3 aliphatic rings. The minimum Gasteiger partial charge on any atom is -0.326 e. The average Bonchev–Trinajstić information content (AvgIpc) is 2.46. The van der Waals surface area contributed by atoms with Crippen molar-refractivity contribution in [2.24, 2.45) is 5.41 Å². The lowest BCUT2D eigenvalue weighted by atomic mass is 9.91. The Kier molecular flexibility index (Phi) is 4.66. The number of hydrogen-bond acceptors (Lipinski definition) is 3. The third-order valence-corrected chi connectivity index (χ3v) is 4.06. The van der Waals surface area contributed by atoms with E-state index in [0.29, 0.717) is 26.2 Å². The molecule has 3 aliphatic heterocycles. The van der Waals surface area contributed by atoms with E-state index in [1.165, 1.54) is 0 Å². The second-order valence-electron chi connectivity index (χ2n) is 5.13. The van der Waals surface area contributed by atoms with Gasteiger partial charge >= 0.3 is 0 Å². The maximum Gasteiger partial charge on any atom is 0.287 e. The van der Waals surface area contributed by atoms with E-state index in [9.17, 15) is 0 Å². The number of hydrogen-bond donors (Lipinski definition) is 0. The summed E-state index contributed by atoms with van der Waals surface area (Å²) in [6.07, 6.45) is 0.616. The minimum absolute atomic E-state index is 0.0235. The molecule has 0 saturated carbocycles. The molecule has 0 radical (unpaired) electrons. The van der Waals surface area contributed by atoms with Crippen LogP contribution in [0.5, 0.6) is 0 Å². The quantitative estimate of drug-likeness (QED) is 0.827. The molecular formula is C15H21BrO3. The highest BCUT2D eigenvalue weighted by molar-refractivity contribution is 9.10. The van der Waals surface area contributed by atoms with Gasteiger partial charge < -0.3 is 14.2 Å². The lowest BCUT2D eigenvalue weighted by Gasteiger charge is -2.50. The zero-order valence-electron chi connectivity index (χ0n) is 11.7. The molecule has 4 heteroatoms. The van der Waals surface area contributed by atoms with Crippen LogP contribution in [-0.4, -0.2) is 25.8 Å². The van der Waals surface area contributed by atoms with Crippen molar-refractivity contribution in [3.05, 3.63) is 34.3 Å². The molecule has 3 nitrogen and oxygen atoms in total. The minimum atomic E-state index is -0.873. The maximum absolute atomic E-state index is 5.76. The van der Waals surface area contributed by atoms with Crippen LogP contribution in [0.4, 0.5) is 0 Å². The molecule has 19 heavy (non-hydrogen) atoms. The molecule has 3 saturated heterocycles. The number of rotatable bonds is 2. The number of fused-ring (bicyclic) bond motifs is 3. The van der Waals surface area contributed by atoms with Gasteiger partial charge in [0.1, 0.15) is 0 Å². The van der Waals surface area contributed by atoms with Gasteiger partial charge in [-0.05, 0) is 11.6 Å². The van der Waals surface area contributed by atoms with E-state index in [2.05, 4.69) is 28.9 Å². The summed E-state index contributed by atoms with van der Waals surface area (Å²) >= 11 is 3.53. The Morgan fingerprint density at radius 1 is 1.05 bits per heavy atom. The summed E-state index contributed by atoms with van der Waals surface area (Å²) in [5, 5.41) is 0. The van der Waals surface area contributed by atoms with Gasteiger partial charge in [-0.1, -0.05) is 54.9 Å². The first-order valence-corrected chi connectivity index (χ1v) is 7.56. The molecule has 0 aromatic heterocycles. The predicted molar refractivity (Wildman–Crippen MR) is 77.9 cm³/mol. The van der Waals surface area contributed by atoms with Crippen molar-refractivity contribution in [2.75, 3.05) is 19.8 Å². The van der Waals surface area contributed by atoms with Crippen LogP contribution in [0.15, 0.2) is 28.7 Å². The summed E-state index contributed by atoms with van der Waals surface area (Å²) in [7, 11) is 0. The van der Waals surface area contributed by atoms with Crippen LogP contribution in [0, 0.1) is 5.41 Å². The molecule has 4 rings (SSSR count). The van der Waals surface area contributed by atoms with Gasteiger partial charge in [0, 0.05) is 9.89 Å². The molecule has 0 atom stereocenters. The molecule has 0 unspecified atom stereocenters. The first-order chi connectivity index (χ1) is 9.11. The van der Waals surface area contributed by atoms with E-state index in [1.54, 1.807) is 0 Å². The zero-order chi connectivity index (χ0) is 13.9. The Morgan fingerprint density at radius 2 is 1.58 bits per heavy atom. The fraction of sp³-hybridized carbons (Fsp3) is 0.600. The van der Waals surface area contributed by atoms with Crippen molar-refractivity contribution in [1.29, 1.82) is 0 Å². The van der Waals surface area contributed by atoms with Gasteiger partial charge in [-0.15, -0.1) is 0 Å². The van der Waals surface area contributed by atoms with Crippen molar-refractivity contribution in [2.45, 2.75) is 33.2 Å². The van der Waals surface area contributed by atoms with Crippen molar-refractivity contribution in [3.63, 3.8) is 0 Å². The fourth-order valence-corrected chi connectivity index (χ4v) is 2.56. The van der Waals surface area contributed by atoms with Crippen LogP contribution in [0.2, 0.25) is 0 Å².